The molecule has 5 rings (SSSR count). The number of nitrogens with two attached hydrogens (primary N) is 1. The number of hydrogen-bond acceptors (Lipinski definition) is 6. The summed E-state index contributed by atoms with van der Waals surface area (Å²) < 4.78 is 0. The Labute approximate surface area is 181 Å². The second-order valence-corrected chi connectivity index (χ2v) is 9.31. The molecule has 3 saturated heterocycles. The van der Waals surface area contributed by atoms with Crippen molar-refractivity contribution in [1.29, 1.82) is 10.5 Å². The summed E-state index contributed by atoms with van der Waals surface area (Å²) in [5.41, 5.74) is 7.88. The third kappa shape index (κ3) is 3.18. The van der Waals surface area contributed by atoms with Gasteiger partial charge in [-0.1, -0.05) is 12.1 Å². The van der Waals surface area contributed by atoms with Gasteiger partial charge in [-0.05, 0) is 49.8 Å². The normalized spacial score (nSPS) is 33.0. The fourth-order valence-corrected chi connectivity index (χ4v) is 5.81. The zero-order chi connectivity index (χ0) is 21.9. The van der Waals surface area contributed by atoms with E-state index in [2.05, 4.69) is 12.1 Å². The van der Waals surface area contributed by atoms with Gasteiger partial charge in [-0.2, -0.15) is 10.5 Å². The molecule has 5 unspecified atom stereocenters. The molecule has 2 N–H and O–H groups in total. The highest BCUT2D eigenvalue weighted by atomic mass is 16.2. The van der Waals surface area contributed by atoms with Gasteiger partial charge >= 0.3 is 0 Å². The maximum atomic E-state index is 13.1. The van der Waals surface area contributed by atoms with E-state index < -0.39 is 6.04 Å². The van der Waals surface area contributed by atoms with Crippen LogP contribution in [-0.4, -0.2) is 69.8 Å². The van der Waals surface area contributed by atoms with Crippen molar-refractivity contribution in [3.05, 3.63) is 35.4 Å². The molecule has 0 radical (unpaired) electrons. The maximum absolute atomic E-state index is 13.1. The maximum Gasteiger partial charge on any atom is 0.242 e. The highest BCUT2D eigenvalue weighted by Crippen LogP contribution is 2.48. The third-order valence-electron chi connectivity index (χ3n) is 7.51. The predicted molar refractivity (Wildman–Crippen MR) is 111 cm³/mol. The summed E-state index contributed by atoms with van der Waals surface area (Å²) in [7, 11) is 0. The summed E-state index contributed by atoms with van der Waals surface area (Å²) in [6, 6.07) is 10.6. The third-order valence-corrected chi connectivity index (χ3v) is 7.51. The van der Waals surface area contributed by atoms with Crippen LogP contribution in [0.1, 0.15) is 43.4 Å². The number of nitrogens with zero attached hydrogens (tertiary/aromatic N) is 5. The first kappa shape index (κ1) is 20.0. The number of fused-ring (bicyclic) bond motifs is 3. The monoisotopic (exact) mass is 418 g/mol. The first-order valence-electron chi connectivity index (χ1n) is 11.0. The lowest BCUT2D eigenvalue weighted by Crippen LogP contribution is -2.57. The summed E-state index contributed by atoms with van der Waals surface area (Å²) in [4.78, 5) is 31.8. The van der Waals surface area contributed by atoms with Crippen molar-refractivity contribution in [1.82, 2.24) is 14.7 Å². The molecule has 1 aliphatic carbocycles. The van der Waals surface area contributed by atoms with Crippen molar-refractivity contribution >= 4 is 11.8 Å². The summed E-state index contributed by atoms with van der Waals surface area (Å²) in [6.07, 6.45) is 2.48. The Bertz CT molecular complexity index is 995. The van der Waals surface area contributed by atoms with Crippen LogP contribution in [0, 0.1) is 28.6 Å². The first-order valence-corrected chi connectivity index (χ1v) is 11.0. The number of likely N-dealkylation sites (tertiary alicyclic amines) is 3. The van der Waals surface area contributed by atoms with Gasteiger partial charge in [0.1, 0.15) is 6.04 Å². The Kier molecular flexibility index (Phi) is 4.73. The average Bonchev–Trinajstić information content (AvgIpc) is 3.11. The van der Waals surface area contributed by atoms with E-state index >= 15 is 0 Å². The first-order chi connectivity index (χ1) is 14.9. The van der Waals surface area contributed by atoms with Gasteiger partial charge in [-0.3, -0.25) is 14.5 Å². The molecule has 1 aromatic carbocycles. The lowest BCUT2D eigenvalue weighted by atomic mass is 10.0. The van der Waals surface area contributed by atoms with Crippen molar-refractivity contribution in [2.24, 2.45) is 11.7 Å². The minimum Gasteiger partial charge on any atom is -0.330 e. The van der Waals surface area contributed by atoms with E-state index in [1.54, 1.807) is 17.0 Å². The molecule has 1 saturated carbocycles. The molecule has 8 nitrogen and oxygen atoms in total. The Balaban J connectivity index is 1.23. The molecule has 1 aromatic rings. The number of carbonyl (C=O) groups excluding carboxylic acids is 2. The van der Waals surface area contributed by atoms with Crippen molar-refractivity contribution in [3.8, 4) is 12.1 Å². The molecule has 0 aromatic heterocycles. The van der Waals surface area contributed by atoms with Crippen LogP contribution in [0.2, 0.25) is 0 Å². The van der Waals surface area contributed by atoms with Crippen LogP contribution in [0.5, 0.6) is 0 Å². The van der Waals surface area contributed by atoms with Crippen molar-refractivity contribution in [3.63, 3.8) is 0 Å². The SMILES string of the molecule is C[C@@H](c1ccc(C#N)cc1)N1C(=O)C2C[C@H]1CN2CC(N)C(=O)N1C(C#N)CC2CC21. The van der Waals surface area contributed by atoms with Gasteiger partial charge in [-0.15, -0.1) is 0 Å². The summed E-state index contributed by atoms with van der Waals surface area (Å²) >= 11 is 0. The number of carbonyl (C=O) groups is 2. The number of hydrogen-bond donors (Lipinski definition) is 1. The van der Waals surface area contributed by atoms with Crippen molar-refractivity contribution in [2.45, 2.75) is 62.4 Å². The molecule has 31 heavy (non-hydrogen) atoms. The molecule has 2 bridgehead atoms. The van der Waals surface area contributed by atoms with Crippen molar-refractivity contribution < 1.29 is 9.59 Å². The van der Waals surface area contributed by atoms with Gasteiger partial charge in [0.2, 0.25) is 11.8 Å². The second kappa shape index (κ2) is 7.33. The van der Waals surface area contributed by atoms with Crippen LogP contribution < -0.4 is 5.73 Å². The van der Waals surface area contributed by atoms with Crippen LogP contribution in [0.15, 0.2) is 24.3 Å². The fraction of sp³-hybridized carbons (Fsp3) is 0.565. The number of amides is 2. The highest BCUT2D eigenvalue weighted by Gasteiger charge is 2.56. The molecule has 160 valence electrons. The zero-order valence-electron chi connectivity index (χ0n) is 17.5. The summed E-state index contributed by atoms with van der Waals surface area (Å²) in [5.74, 6) is 0.378. The van der Waals surface area contributed by atoms with Crippen LogP contribution in [0.25, 0.3) is 0 Å². The molecule has 0 spiro atoms. The Morgan fingerprint density at radius 3 is 2.61 bits per heavy atom. The van der Waals surface area contributed by atoms with Gasteiger partial charge < -0.3 is 15.5 Å². The molecule has 4 fully saturated rings. The minimum absolute atomic E-state index is 0.0690. The number of rotatable bonds is 5. The predicted octanol–water partition coefficient (Wildman–Crippen LogP) is 0.745. The second-order valence-electron chi connectivity index (χ2n) is 9.31. The van der Waals surface area contributed by atoms with Crippen LogP contribution in [0.3, 0.4) is 0 Å². The number of piperidine rings is 1. The van der Waals surface area contributed by atoms with E-state index in [0.717, 1.165) is 24.8 Å². The molecule has 4 aliphatic rings. The molecule has 7 atom stereocenters. The quantitative estimate of drug-likeness (QED) is 0.754. The van der Waals surface area contributed by atoms with Gasteiger partial charge in [0.25, 0.3) is 0 Å². The van der Waals surface area contributed by atoms with E-state index in [1.807, 2.05) is 28.9 Å². The van der Waals surface area contributed by atoms with E-state index in [4.69, 9.17) is 11.0 Å². The average molecular weight is 419 g/mol. The standard InChI is InChI=1S/C23H26N6O2/c1-13(15-4-2-14(9-24)3-5-15)28-18-8-21(23(28)31)27(11-18)12-19(26)22(30)29-17(10-25)6-16-7-20(16)29/h2-5,13,16-21H,6-8,11-12,26H2,1H3/t13-,16?,17?,18-,19?,20?,21?/m0/s1. The van der Waals surface area contributed by atoms with E-state index in [9.17, 15) is 14.9 Å². The highest BCUT2D eigenvalue weighted by molar-refractivity contribution is 5.87. The molecular weight excluding hydrogens is 392 g/mol. The summed E-state index contributed by atoms with van der Waals surface area (Å²) in [5, 5.41) is 18.3. The molecular formula is C23H26N6O2. The van der Waals surface area contributed by atoms with Crippen LogP contribution in [0.4, 0.5) is 0 Å². The number of nitriles is 2. The molecule has 3 aliphatic heterocycles. The van der Waals surface area contributed by atoms with E-state index in [-0.39, 0.29) is 42.0 Å². The molecule has 3 heterocycles. The van der Waals surface area contributed by atoms with Crippen LogP contribution in [-0.2, 0) is 9.59 Å². The van der Waals surface area contributed by atoms with Gasteiger partial charge in [-0.25, -0.2) is 0 Å². The van der Waals surface area contributed by atoms with Gasteiger partial charge in [0.15, 0.2) is 0 Å². The number of benzene rings is 1. The molecule has 2 amide bonds. The topological polar surface area (TPSA) is 117 Å². The lowest BCUT2D eigenvalue weighted by molar-refractivity contribution is -0.141. The molecule has 8 heteroatoms. The van der Waals surface area contributed by atoms with E-state index in [1.165, 1.54) is 0 Å². The minimum atomic E-state index is -0.716. The van der Waals surface area contributed by atoms with Gasteiger partial charge in [0.05, 0.1) is 35.8 Å². The Morgan fingerprint density at radius 2 is 1.97 bits per heavy atom. The van der Waals surface area contributed by atoms with E-state index in [0.29, 0.717) is 24.6 Å². The summed E-state index contributed by atoms with van der Waals surface area (Å²) in [6.45, 7) is 3.06. The van der Waals surface area contributed by atoms with Gasteiger partial charge in [0, 0.05) is 25.2 Å². The van der Waals surface area contributed by atoms with Crippen molar-refractivity contribution in [2.75, 3.05) is 13.1 Å². The zero-order valence-corrected chi connectivity index (χ0v) is 17.5. The fourth-order valence-electron chi connectivity index (χ4n) is 5.81. The smallest absolute Gasteiger partial charge is 0.242 e. The number of piperazine rings is 1. The Morgan fingerprint density at radius 1 is 1.23 bits per heavy atom. The lowest BCUT2D eigenvalue weighted by Gasteiger charge is -2.38. The Hall–Kier alpha value is -2.94. The largest absolute Gasteiger partial charge is 0.330 e. The van der Waals surface area contributed by atoms with Crippen LogP contribution >= 0.6 is 0 Å².